The standard InChI is InChI=1S/C22H28BrNO2/c1-25-21-13-18(15-24-19-11-7-2-3-8-12-19)20(23)14-22(21)26-16-17-9-5-4-6-10-17/h4-6,9-10,13-14,19,24H,2-3,7-8,11-12,15-16H2,1H3. The maximum Gasteiger partial charge on any atom is 0.162 e. The monoisotopic (exact) mass is 417 g/mol. The van der Waals surface area contributed by atoms with Gasteiger partial charge in [-0.2, -0.15) is 0 Å². The summed E-state index contributed by atoms with van der Waals surface area (Å²) in [5, 5.41) is 3.72. The van der Waals surface area contributed by atoms with E-state index in [1.807, 2.05) is 24.3 Å². The lowest BCUT2D eigenvalue weighted by atomic mass is 10.1. The molecular formula is C22H28BrNO2. The Morgan fingerprint density at radius 2 is 1.73 bits per heavy atom. The molecule has 3 rings (SSSR count). The first kappa shape index (κ1) is 19.2. The molecule has 0 heterocycles. The van der Waals surface area contributed by atoms with Crippen LogP contribution in [0.25, 0.3) is 0 Å². The average Bonchev–Trinajstić information content (AvgIpc) is 2.95. The van der Waals surface area contributed by atoms with E-state index in [1.165, 1.54) is 44.1 Å². The van der Waals surface area contributed by atoms with Crippen LogP contribution in [-0.2, 0) is 13.2 Å². The fraction of sp³-hybridized carbons (Fsp3) is 0.455. The molecular weight excluding hydrogens is 390 g/mol. The Balaban J connectivity index is 1.64. The zero-order valence-electron chi connectivity index (χ0n) is 15.5. The summed E-state index contributed by atoms with van der Waals surface area (Å²) in [6.45, 7) is 1.38. The Morgan fingerprint density at radius 3 is 2.42 bits per heavy atom. The molecule has 0 amide bonds. The van der Waals surface area contributed by atoms with Gasteiger partial charge in [0.2, 0.25) is 0 Å². The van der Waals surface area contributed by atoms with E-state index >= 15 is 0 Å². The maximum absolute atomic E-state index is 5.99. The van der Waals surface area contributed by atoms with Crippen molar-refractivity contribution in [2.24, 2.45) is 0 Å². The van der Waals surface area contributed by atoms with Crippen LogP contribution in [0.1, 0.15) is 49.7 Å². The van der Waals surface area contributed by atoms with Crippen LogP contribution in [0.4, 0.5) is 0 Å². The first-order valence-electron chi connectivity index (χ1n) is 9.53. The fourth-order valence-corrected chi connectivity index (χ4v) is 3.92. The minimum atomic E-state index is 0.531. The summed E-state index contributed by atoms with van der Waals surface area (Å²) in [5.74, 6) is 1.54. The molecule has 0 atom stereocenters. The molecule has 0 aliphatic heterocycles. The van der Waals surface area contributed by atoms with E-state index in [0.717, 1.165) is 28.1 Å². The van der Waals surface area contributed by atoms with E-state index in [9.17, 15) is 0 Å². The quantitative estimate of drug-likeness (QED) is 0.573. The molecule has 1 N–H and O–H groups in total. The van der Waals surface area contributed by atoms with Crippen LogP contribution in [0.5, 0.6) is 11.5 Å². The van der Waals surface area contributed by atoms with Crippen molar-refractivity contribution in [3.63, 3.8) is 0 Å². The normalized spacial score (nSPS) is 15.5. The lowest BCUT2D eigenvalue weighted by molar-refractivity contribution is 0.284. The van der Waals surface area contributed by atoms with E-state index in [-0.39, 0.29) is 0 Å². The highest BCUT2D eigenvalue weighted by atomic mass is 79.9. The highest BCUT2D eigenvalue weighted by Gasteiger charge is 2.14. The molecule has 140 valence electrons. The van der Waals surface area contributed by atoms with Crippen LogP contribution in [0, 0.1) is 0 Å². The van der Waals surface area contributed by atoms with Gasteiger partial charge in [0.1, 0.15) is 6.61 Å². The second-order valence-corrected chi connectivity index (χ2v) is 7.79. The summed E-state index contributed by atoms with van der Waals surface area (Å²) in [4.78, 5) is 0. The Labute approximate surface area is 165 Å². The van der Waals surface area contributed by atoms with Crippen molar-refractivity contribution in [1.82, 2.24) is 5.32 Å². The molecule has 0 radical (unpaired) electrons. The maximum atomic E-state index is 5.99. The van der Waals surface area contributed by atoms with Gasteiger partial charge in [-0.05, 0) is 36.1 Å². The lowest BCUT2D eigenvalue weighted by Gasteiger charge is -2.18. The second kappa shape index (κ2) is 9.98. The number of benzene rings is 2. The van der Waals surface area contributed by atoms with Crippen molar-refractivity contribution in [3.8, 4) is 11.5 Å². The summed E-state index contributed by atoms with van der Waals surface area (Å²) in [6, 6.07) is 14.9. The number of methoxy groups -OCH3 is 1. The fourth-order valence-electron chi connectivity index (χ4n) is 3.46. The molecule has 0 unspecified atom stereocenters. The molecule has 0 bridgehead atoms. The van der Waals surface area contributed by atoms with E-state index in [2.05, 4.69) is 39.4 Å². The second-order valence-electron chi connectivity index (χ2n) is 6.94. The number of halogens is 1. The van der Waals surface area contributed by atoms with Gasteiger partial charge in [-0.3, -0.25) is 0 Å². The average molecular weight is 418 g/mol. The predicted octanol–water partition coefficient (Wildman–Crippen LogP) is 5.85. The van der Waals surface area contributed by atoms with Crippen LogP contribution in [0.15, 0.2) is 46.9 Å². The van der Waals surface area contributed by atoms with E-state index < -0.39 is 0 Å². The van der Waals surface area contributed by atoms with E-state index in [4.69, 9.17) is 9.47 Å². The van der Waals surface area contributed by atoms with Gasteiger partial charge in [0, 0.05) is 17.1 Å². The van der Waals surface area contributed by atoms with Gasteiger partial charge in [0.25, 0.3) is 0 Å². The molecule has 1 saturated carbocycles. The van der Waals surface area contributed by atoms with Crippen LogP contribution in [-0.4, -0.2) is 13.2 Å². The minimum absolute atomic E-state index is 0.531. The SMILES string of the molecule is COc1cc(CNC2CCCCCC2)c(Br)cc1OCc1ccccc1. The van der Waals surface area contributed by atoms with Gasteiger partial charge in [-0.25, -0.2) is 0 Å². The molecule has 3 nitrogen and oxygen atoms in total. The summed E-state index contributed by atoms with van der Waals surface area (Å²) >= 11 is 3.70. The van der Waals surface area contributed by atoms with Crippen LogP contribution in [0.3, 0.4) is 0 Å². The number of ether oxygens (including phenoxy) is 2. The largest absolute Gasteiger partial charge is 0.493 e. The zero-order valence-corrected chi connectivity index (χ0v) is 17.1. The van der Waals surface area contributed by atoms with Gasteiger partial charge in [0.15, 0.2) is 11.5 Å². The Kier molecular flexibility index (Phi) is 7.39. The van der Waals surface area contributed by atoms with Gasteiger partial charge in [0.05, 0.1) is 7.11 Å². The first-order valence-corrected chi connectivity index (χ1v) is 10.3. The Bertz CT molecular complexity index is 682. The van der Waals surface area contributed by atoms with Gasteiger partial charge >= 0.3 is 0 Å². The van der Waals surface area contributed by atoms with Gasteiger partial charge in [-0.15, -0.1) is 0 Å². The molecule has 2 aromatic rings. The first-order chi connectivity index (χ1) is 12.8. The smallest absolute Gasteiger partial charge is 0.162 e. The number of rotatable bonds is 7. The van der Waals surface area contributed by atoms with Crippen LogP contribution < -0.4 is 14.8 Å². The summed E-state index contributed by atoms with van der Waals surface area (Å²) in [5.41, 5.74) is 2.35. The highest BCUT2D eigenvalue weighted by molar-refractivity contribution is 9.10. The molecule has 1 aliphatic carbocycles. The Morgan fingerprint density at radius 1 is 1.00 bits per heavy atom. The minimum Gasteiger partial charge on any atom is -0.493 e. The third-order valence-corrected chi connectivity index (χ3v) is 5.74. The molecule has 2 aromatic carbocycles. The van der Waals surface area contributed by atoms with E-state index in [1.54, 1.807) is 7.11 Å². The predicted molar refractivity (Wildman–Crippen MR) is 110 cm³/mol. The van der Waals surface area contributed by atoms with Crippen LogP contribution >= 0.6 is 15.9 Å². The van der Waals surface area contributed by atoms with Crippen molar-refractivity contribution < 1.29 is 9.47 Å². The van der Waals surface area contributed by atoms with Crippen molar-refractivity contribution in [1.29, 1.82) is 0 Å². The van der Waals surface area contributed by atoms with Gasteiger partial charge in [-0.1, -0.05) is 71.9 Å². The molecule has 4 heteroatoms. The Hall–Kier alpha value is -1.52. The lowest BCUT2D eigenvalue weighted by Crippen LogP contribution is -2.28. The van der Waals surface area contributed by atoms with Crippen molar-refractivity contribution in [2.45, 2.75) is 57.7 Å². The molecule has 26 heavy (non-hydrogen) atoms. The van der Waals surface area contributed by atoms with Crippen molar-refractivity contribution >= 4 is 15.9 Å². The topological polar surface area (TPSA) is 30.5 Å². The molecule has 1 fully saturated rings. The van der Waals surface area contributed by atoms with Gasteiger partial charge < -0.3 is 14.8 Å². The number of hydrogen-bond donors (Lipinski definition) is 1. The van der Waals surface area contributed by atoms with Crippen molar-refractivity contribution in [2.75, 3.05) is 7.11 Å². The van der Waals surface area contributed by atoms with Crippen molar-refractivity contribution in [3.05, 3.63) is 58.1 Å². The number of hydrogen-bond acceptors (Lipinski definition) is 3. The molecule has 1 aliphatic rings. The highest BCUT2D eigenvalue weighted by Crippen LogP contribution is 2.34. The third-order valence-electron chi connectivity index (χ3n) is 5.01. The summed E-state index contributed by atoms with van der Waals surface area (Å²) in [6.07, 6.45) is 8.01. The molecule has 0 saturated heterocycles. The third kappa shape index (κ3) is 5.49. The molecule has 0 spiro atoms. The van der Waals surface area contributed by atoms with E-state index in [0.29, 0.717) is 12.6 Å². The summed E-state index contributed by atoms with van der Waals surface area (Å²) in [7, 11) is 1.70. The zero-order chi connectivity index (χ0) is 18.2. The molecule has 0 aromatic heterocycles. The number of nitrogens with one attached hydrogen (secondary N) is 1. The van der Waals surface area contributed by atoms with Crippen LogP contribution in [0.2, 0.25) is 0 Å². The summed E-state index contributed by atoms with van der Waals surface area (Å²) < 4.78 is 12.6.